The first-order valence-electron chi connectivity index (χ1n) is 7.18. The molecule has 0 aliphatic heterocycles. The molecule has 1 nitrogen and oxygen atoms in total. The number of rotatable bonds is 6. The van der Waals surface area contributed by atoms with Crippen molar-refractivity contribution in [1.82, 2.24) is 5.32 Å². The second-order valence-electron chi connectivity index (χ2n) is 5.41. The molecule has 0 spiro atoms. The molecule has 0 bridgehead atoms. The number of hydrogen-bond donors (Lipinski definition) is 1. The maximum atomic E-state index is 4.17. The summed E-state index contributed by atoms with van der Waals surface area (Å²) in [6.45, 7) is 17.6. The molecule has 0 radical (unpaired) electrons. The zero-order chi connectivity index (χ0) is 15.3. The summed E-state index contributed by atoms with van der Waals surface area (Å²) >= 11 is 0. The van der Waals surface area contributed by atoms with E-state index in [0.29, 0.717) is 0 Å². The van der Waals surface area contributed by atoms with Gasteiger partial charge >= 0.3 is 0 Å². The van der Waals surface area contributed by atoms with Crippen molar-refractivity contribution in [1.29, 1.82) is 0 Å². The van der Waals surface area contributed by atoms with E-state index in [0.717, 1.165) is 24.1 Å². The molecule has 0 aliphatic rings. The van der Waals surface area contributed by atoms with Crippen LogP contribution in [-0.4, -0.2) is 13.6 Å². The molecule has 20 heavy (non-hydrogen) atoms. The fourth-order valence-corrected chi connectivity index (χ4v) is 2.55. The summed E-state index contributed by atoms with van der Waals surface area (Å²) in [6.07, 6.45) is 3.26. The lowest BCUT2D eigenvalue weighted by atomic mass is 9.89. The van der Waals surface area contributed by atoms with E-state index >= 15 is 0 Å². The first-order chi connectivity index (χ1) is 9.42. The van der Waals surface area contributed by atoms with Gasteiger partial charge in [0, 0.05) is 0 Å². The highest BCUT2D eigenvalue weighted by molar-refractivity contribution is 5.81. The zero-order valence-corrected chi connectivity index (χ0v) is 13.6. The fraction of sp³-hybridized carbons (Fsp3) is 0.368. The van der Waals surface area contributed by atoms with Crippen molar-refractivity contribution in [2.24, 2.45) is 0 Å². The third-order valence-corrected chi connectivity index (χ3v) is 3.71. The molecule has 0 saturated carbocycles. The van der Waals surface area contributed by atoms with Crippen molar-refractivity contribution >= 4 is 11.1 Å². The van der Waals surface area contributed by atoms with Gasteiger partial charge in [-0.15, -0.1) is 0 Å². The molecule has 0 saturated heterocycles. The van der Waals surface area contributed by atoms with Crippen LogP contribution in [0.5, 0.6) is 0 Å². The fourth-order valence-electron chi connectivity index (χ4n) is 2.55. The summed E-state index contributed by atoms with van der Waals surface area (Å²) in [5.41, 5.74) is 8.57. The van der Waals surface area contributed by atoms with Gasteiger partial charge in [-0.2, -0.15) is 0 Å². The van der Waals surface area contributed by atoms with E-state index in [1.54, 1.807) is 0 Å². The molecule has 0 aliphatic carbocycles. The van der Waals surface area contributed by atoms with Gasteiger partial charge in [0.1, 0.15) is 0 Å². The van der Waals surface area contributed by atoms with Crippen LogP contribution in [0.3, 0.4) is 0 Å². The Hall–Kier alpha value is -1.60. The molecule has 0 fully saturated rings. The molecular formula is C19H27N. The lowest BCUT2D eigenvalue weighted by Gasteiger charge is -2.16. The predicted octanol–water partition coefficient (Wildman–Crippen LogP) is 4.91. The van der Waals surface area contributed by atoms with Crippen LogP contribution in [0.1, 0.15) is 42.5 Å². The number of allylic oxidation sites excluding steroid dienone is 3. The van der Waals surface area contributed by atoms with Crippen LogP contribution < -0.4 is 5.32 Å². The van der Waals surface area contributed by atoms with Gasteiger partial charge in [0.15, 0.2) is 0 Å². The minimum absolute atomic E-state index is 0.998. The quantitative estimate of drug-likeness (QED) is 0.724. The number of hydrogen-bond acceptors (Lipinski definition) is 1. The van der Waals surface area contributed by atoms with Crippen LogP contribution in [0, 0.1) is 13.8 Å². The smallest absolute Gasteiger partial charge is 0.00113 e. The largest absolute Gasteiger partial charge is 0.319 e. The Labute approximate surface area is 124 Å². The van der Waals surface area contributed by atoms with Crippen LogP contribution in [0.15, 0.2) is 36.9 Å². The zero-order valence-electron chi connectivity index (χ0n) is 13.6. The third kappa shape index (κ3) is 3.71. The molecule has 0 heterocycles. The number of benzene rings is 1. The Morgan fingerprint density at radius 1 is 1.20 bits per heavy atom. The van der Waals surface area contributed by atoms with Gasteiger partial charge in [-0.25, -0.2) is 0 Å². The lowest BCUT2D eigenvalue weighted by Crippen LogP contribution is -2.08. The molecule has 0 amide bonds. The molecule has 0 aromatic heterocycles. The normalized spacial score (nSPS) is 11.6. The van der Waals surface area contributed by atoms with E-state index in [9.17, 15) is 0 Å². The van der Waals surface area contributed by atoms with Crippen molar-refractivity contribution in [3.05, 3.63) is 59.2 Å². The van der Waals surface area contributed by atoms with E-state index in [2.05, 4.69) is 57.5 Å². The molecule has 1 rings (SSSR count). The Kier molecular flexibility index (Phi) is 5.97. The molecule has 108 valence electrons. The van der Waals surface area contributed by atoms with Gasteiger partial charge in [-0.3, -0.25) is 0 Å². The first kappa shape index (κ1) is 16.5. The van der Waals surface area contributed by atoms with Crippen LogP contribution in [-0.2, 0) is 0 Å². The summed E-state index contributed by atoms with van der Waals surface area (Å²) in [5.74, 6) is 0. The van der Waals surface area contributed by atoms with Gasteiger partial charge < -0.3 is 5.32 Å². The Morgan fingerprint density at radius 3 is 2.15 bits per heavy atom. The van der Waals surface area contributed by atoms with E-state index in [1.807, 2.05) is 14.0 Å². The highest BCUT2D eigenvalue weighted by atomic mass is 14.8. The van der Waals surface area contributed by atoms with Crippen molar-refractivity contribution in [2.75, 3.05) is 13.6 Å². The van der Waals surface area contributed by atoms with Crippen molar-refractivity contribution in [3.8, 4) is 0 Å². The minimum Gasteiger partial charge on any atom is -0.319 e. The Balaban J connectivity index is 3.23. The molecule has 1 N–H and O–H groups in total. The van der Waals surface area contributed by atoms with Crippen molar-refractivity contribution in [2.45, 2.75) is 34.1 Å². The Bertz CT molecular complexity index is 524. The molecule has 1 aromatic carbocycles. The van der Waals surface area contributed by atoms with Gasteiger partial charge in [0.25, 0.3) is 0 Å². The number of nitrogens with one attached hydrogen (secondary N) is 1. The molecule has 1 heteroatoms. The molecule has 0 unspecified atom stereocenters. The van der Waals surface area contributed by atoms with Crippen LogP contribution in [0.25, 0.3) is 11.1 Å². The average molecular weight is 269 g/mol. The topological polar surface area (TPSA) is 12.0 Å². The van der Waals surface area contributed by atoms with Crippen LogP contribution in [0.4, 0.5) is 0 Å². The minimum atomic E-state index is 0.998. The monoisotopic (exact) mass is 269 g/mol. The van der Waals surface area contributed by atoms with E-state index in [1.165, 1.54) is 27.8 Å². The summed E-state index contributed by atoms with van der Waals surface area (Å²) in [6, 6.07) is 4.53. The van der Waals surface area contributed by atoms with Gasteiger partial charge in [-0.1, -0.05) is 36.9 Å². The summed E-state index contributed by atoms with van der Waals surface area (Å²) in [7, 11) is 1.99. The van der Waals surface area contributed by atoms with Gasteiger partial charge in [-0.05, 0) is 81.1 Å². The number of aryl methyl sites for hydroxylation is 2. The highest BCUT2D eigenvalue weighted by Crippen LogP contribution is 2.30. The molecule has 1 aromatic rings. The molecule has 0 atom stereocenters. The average Bonchev–Trinajstić information content (AvgIpc) is 2.38. The van der Waals surface area contributed by atoms with Crippen LogP contribution >= 0.6 is 0 Å². The summed E-state index contributed by atoms with van der Waals surface area (Å²) in [5, 5.41) is 3.21. The van der Waals surface area contributed by atoms with Gasteiger partial charge in [0.2, 0.25) is 0 Å². The second-order valence-corrected chi connectivity index (χ2v) is 5.41. The van der Waals surface area contributed by atoms with E-state index in [-0.39, 0.29) is 0 Å². The maximum absolute atomic E-state index is 4.17. The standard InChI is InChI=1S/C19H27N/c1-8-17(9-10-20-7)18-11-14(4)19(15(5)12-18)16(6)13(2)3/h8,11-12,20H,2,6,9-10H2,1,3-5,7H3/b17-8+. The SMILES string of the molecule is C=C(C)C(=C)c1c(C)cc(/C(=C/C)CCNC)cc1C. The second kappa shape index (κ2) is 7.25. The van der Waals surface area contributed by atoms with Crippen molar-refractivity contribution in [3.63, 3.8) is 0 Å². The van der Waals surface area contributed by atoms with Crippen LogP contribution in [0.2, 0.25) is 0 Å². The lowest BCUT2D eigenvalue weighted by molar-refractivity contribution is 0.815. The summed E-state index contributed by atoms with van der Waals surface area (Å²) in [4.78, 5) is 0. The molecular weight excluding hydrogens is 242 g/mol. The third-order valence-electron chi connectivity index (χ3n) is 3.71. The Morgan fingerprint density at radius 2 is 1.75 bits per heavy atom. The van der Waals surface area contributed by atoms with E-state index in [4.69, 9.17) is 0 Å². The predicted molar refractivity (Wildman–Crippen MR) is 92.0 cm³/mol. The van der Waals surface area contributed by atoms with Gasteiger partial charge in [0.05, 0.1) is 0 Å². The van der Waals surface area contributed by atoms with Crippen molar-refractivity contribution < 1.29 is 0 Å². The maximum Gasteiger partial charge on any atom is -0.00113 e. The van der Waals surface area contributed by atoms with E-state index < -0.39 is 0 Å². The highest BCUT2D eigenvalue weighted by Gasteiger charge is 2.10. The first-order valence-corrected chi connectivity index (χ1v) is 7.18. The summed E-state index contributed by atoms with van der Waals surface area (Å²) < 4.78 is 0.